The SMILES string of the molecule is COC(C)(C)CCC(O)c1cc(C)c2ccccc2n1. The summed E-state index contributed by atoms with van der Waals surface area (Å²) in [6.45, 7) is 6.11. The van der Waals surface area contributed by atoms with Gasteiger partial charge >= 0.3 is 0 Å². The van der Waals surface area contributed by atoms with Gasteiger partial charge in [0.05, 0.1) is 22.9 Å². The molecule has 3 heteroatoms. The van der Waals surface area contributed by atoms with Crippen molar-refractivity contribution in [2.75, 3.05) is 7.11 Å². The molecule has 1 heterocycles. The Kier molecular flexibility index (Phi) is 4.41. The number of pyridine rings is 1. The van der Waals surface area contributed by atoms with Crippen molar-refractivity contribution in [3.8, 4) is 0 Å². The highest BCUT2D eigenvalue weighted by Crippen LogP contribution is 2.26. The van der Waals surface area contributed by atoms with Crippen LogP contribution in [0.15, 0.2) is 30.3 Å². The van der Waals surface area contributed by atoms with Crippen molar-refractivity contribution < 1.29 is 9.84 Å². The number of aryl methyl sites for hydroxylation is 1. The highest BCUT2D eigenvalue weighted by atomic mass is 16.5. The maximum absolute atomic E-state index is 10.3. The topological polar surface area (TPSA) is 42.4 Å². The fourth-order valence-electron chi connectivity index (χ4n) is 2.28. The van der Waals surface area contributed by atoms with Crippen molar-refractivity contribution >= 4 is 10.9 Å². The Morgan fingerprint density at radius 1 is 1.30 bits per heavy atom. The zero-order chi connectivity index (χ0) is 14.8. The lowest BCUT2D eigenvalue weighted by Crippen LogP contribution is -2.23. The first kappa shape index (κ1) is 14.9. The van der Waals surface area contributed by atoms with E-state index in [4.69, 9.17) is 4.74 Å². The first-order valence-corrected chi connectivity index (χ1v) is 7.02. The van der Waals surface area contributed by atoms with Crippen LogP contribution in [0.25, 0.3) is 10.9 Å². The molecule has 1 N–H and O–H groups in total. The van der Waals surface area contributed by atoms with Crippen LogP contribution < -0.4 is 0 Å². The number of aliphatic hydroxyl groups excluding tert-OH is 1. The number of hydrogen-bond acceptors (Lipinski definition) is 3. The Hall–Kier alpha value is -1.45. The molecule has 0 radical (unpaired) electrons. The Morgan fingerprint density at radius 2 is 2.00 bits per heavy atom. The van der Waals surface area contributed by atoms with Gasteiger partial charge in [-0.15, -0.1) is 0 Å². The fourth-order valence-corrected chi connectivity index (χ4v) is 2.28. The Balaban J connectivity index is 2.20. The molecule has 0 aliphatic carbocycles. The average Bonchev–Trinajstić information content (AvgIpc) is 2.45. The number of para-hydroxylation sites is 1. The third-order valence-corrected chi connectivity index (χ3v) is 3.86. The van der Waals surface area contributed by atoms with Crippen molar-refractivity contribution in [2.45, 2.75) is 45.3 Å². The summed E-state index contributed by atoms with van der Waals surface area (Å²) in [7, 11) is 1.70. The summed E-state index contributed by atoms with van der Waals surface area (Å²) in [6.07, 6.45) is 0.886. The molecule has 0 aliphatic heterocycles. The van der Waals surface area contributed by atoms with E-state index in [0.29, 0.717) is 6.42 Å². The van der Waals surface area contributed by atoms with Crippen LogP contribution in [0.5, 0.6) is 0 Å². The maximum atomic E-state index is 10.3. The van der Waals surface area contributed by atoms with E-state index in [1.54, 1.807) is 7.11 Å². The first-order valence-electron chi connectivity index (χ1n) is 7.02. The summed E-state index contributed by atoms with van der Waals surface area (Å²) in [4.78, 5) is 4.57. The molecule has 0 saturated heterocycles. The van der Waals surface area contributed by atoms with Gasteiger partial charge in [-0.2, -0.15) is 0 Å². The van der Waals surface area contributed by atoms with E-state index >= 15 is 0 Å². The van der Waals surface area contributed by atoms with Gasteiger partial charge in [0.15, 0.2) is 0 Å². The van der Waals surface area contributed by atoms with Gasteiger partial charge in [0.1, 0.15) is 0 Å². The van der Waals surface area contributed by atoms with E-state index in [1.807, 2.05) is 38.1 Å². The van der Waals surface area contributed by atoms with E-state index in [2.05, 4.69) is 18.0 Å². The molecule has 1 aromatic carbocycles. The zero-order valence-corrected chi connectivity index (χ0v) is 12.7. The maximum Gasteiger partial charge on any atom is 0.0961 e. The standard InChI is InChI=1S/C17H23NO2/c1-12-11-15(16(19)9-10-17(2,3)20-4)18-14-8-6-5-7-13(12)14/h5-8,11,16,19H,9-10H2,1-4H3. The van der Waals surface area contributed by atoms with E-state index in [0.717, 1.165) is 28.6 Å². The number of hydrogen-bond donors (Lipinski definition) is 1. The number of nitrogens with zero attached hydrogens (tertiary/aromatic N) is 1. The summed E-state index contributed by atoms with van der Waals surface area (Å²) < 4.78 is 5.39. The van der Waals surface area contributed by atoms with Gasteiger partial charge in [-0.1, -0.05) is 18.2 Å². The van der Waals surface area contributed by atoms with Crippen LogP contribution in [-0.4, -0.2) is 22.8 Å². The Labute approximate surface area is 120 Å². The monoisotopic (exact) mass is 273 g/mol. The molecular weight excluding hydrogens is 250 g/mol. The van der Waals surface area contributed by atoms with Gasteiger partial charge in [0, 0.05) is 12.5 Å². The van der Waals surface area contributed by atoms with Gasteiger partial charge in [-0.05, 0) is 51.3 Å². The second kappa shape index (κ2) is 5.90. The van der Waals surface area contributed by atoms with Crippen LogP contribution >= 0.6 is 0 Å². The van der Waals surface area contributed by atoms with Crippen molar-refractivity contribution in [1.29, 1.82) is 0 Å². The number of methoxy groups -OCH3 is 1. The van der Waals surface area contributed by atoms with Crippen LogP contribution in [0.4, 0.5) is 0 Å². The van der Waals surface area contributed by atoms with Crippen LogP contribution in [0, 0.1) is 6.92 Å². The summed E-state index contributed by atoms with van der Waals surface area (Å²) in [5.74, 6) is 0. The average molecular weight is 273 g/mol. The molecule has 3 nitrogen and oxygen atoms in total. The number of aromatic nitrogens is 1. The lowest BCUT2D eigenvalue weighted by molar-refractivity contribution is 0.00244. The van der Waals surface area contributed by atoms with Crippen LogP contribution in [0.2, 0.25) is 0 Å². The molecular formula is C17H23NO2. The molecule has 2 rings (SSSR count). The Morgan fingerprint density at radius 3 is 2.70 bits per heavy atom. The number of ether oxygens (including phenoxy) is 1. The molecule has 0 aliphatic rings. The van der Waals surface area contributed by atoms with E-state index in [-0.39, 0.29) is 5.60 Å². The molecule has 1 aromatic heterocycles. The summed E-state index contributed by atoms with van der Waals surface area (Å²) >= 11 is 0. The van der Waals surface area contributed by atoms with Gasteiger partial charge < -0.3 is 9.84 Å². The number of fused-ring (bicyclic) bond motifs is 1. The third kappa shape index (κ3) is 3.35. The predicted octanol–water partition coefficient (Wildman–Crippen LogP) is 3.78. The summed E-state index contributed by atoms with van der Waals surface area (Å²) in [6, 6.07) is 10.00. The summed E-state index contributed by atoms with van der Waals surface area (Å²) in [5.41, 5.74) is 2.61. The van der Waals surface area contributed by atoms with Crippen LogP contribution in [0.1, 0.15) is 44.1 Å². The number of rotatable bonds is 5. The second-order valence-electron chi connectivity index (χ2n) is 5.90. The molecule has 0 fully saturated rings. The highest BCUT2D eigenvalue weighted by molar-refractivity contribution is 5.82. The first-order chi connectivity index (χ1) is 9.43. The van der Waals surface area contributed by atoms with Crippen molar-refractivity contribution in [2.24, 2.45) is 0 Å². The number of benzene rings is 1. The lowest BCUT2D eigenvalue weighted by atomic mass is 9.97. The van der Waals surface area contributed by atoms with Crippen LogP contribution in [-0.2, 0) is 4.74 Å². The van der Waals surface area contributed by atoms with Crippen LogP contribution in [0.3, 0.4) is 0 Å². The smallest absolute Gasteiger partial charge is 0.0961 e. The van der Waals surface area contributed by atoms with Crippen molar-refractivity contribution in [3.63, 3.8) is 0 Å². The molecule has 20 heavy (non-hydrogen) atoms. The molecule has 2 aromatic rings. The van der Waals surface area contributed by atoms with E-state index in [1.165, 1.54) is 0 Å². The second-order valence-corrected chi connectivity index (χ2v) is 5.90. The molecule has 0 saturated carbocycles. The zero-order valence-electron chi connectivity index (χ0n) is 12.7. The minimum absolute atomic E-state index is 0.215. The lowest BCUT2D eigenvalue weighted by Gasteiger charge is -2.24. The molecule has 0 spiro atoms. The normalized spacial score (nSPS) is 13.7. The van der Waals surface area contributed by atoms with E-state index in [9.17, 15) is 5.11 Å². The minimum atomic E-state index is -0.548. The predicted molar refractivity (Wildman–Crippen MR) is 81.8 cm³/mol. The summed E-state index contributed by atoms with van der Waals surface area (Å²) in [5, 5.41) is 11.5. The molecule has 0 amide bonds. The van der Waals surface area contributed by atoms with Gasteiger partial charge in [0.2, 0.25) is 0 Å². The quantitative estimate of drug-likeness (QED) is 0.901. The van der Waals surface area contributed by atoms with Crippen molar-refractivity contribution in [3.05, 3.63) is 41.6 Å². The molecule has 0 bridgehead atoms. The highest BCUT2D eigenvalue weighted by Gasteiger charge is 2.20. The molecule has 1 unspecified atom stereocenters. The third-order valence-electron chi connectivity index (χ3n) is 3.86. The number of aliphatic hydroxyl groups is 1. The molecule has 108 valence electrons. The Bertz CT molecular complexity index is 593. The van der Waals surface area contributed by atoms with Gasteiger partial charge in [-0.3, -0.25) is 4.98 Å². The minimum Gasteiger partial charge on any atom is -0.387 e. The van der Waals surface area contributed by atoms with E-state index < -0.39 is 6.10 Å². The fraction of sp³-hybridized carbons (Fsp3) is 0.471. The van der Waals surface area contributed by atoms with Gasteiger partial charge in [-0.25, -0.2) is 0 Å². The van der Waals surface area contributed by atoms with Crippen molar-refractivity contribution in [1.82, 2.24) is 4.98 Å². The van der Waals surface area contributed by atoms with Gasteiger partial charge in [0.25, 0.3) is 0 Å². The largest absolute Gasteiger partial charge is 0.387 e. The molecule has 1 atom stereocenters.